The number of halogens is 1. The molecule has 0 fully saturated rings. The van der Waals surface area contributed by atoms with Crippen LogP contribution in [0, 0.1) is 5.82 Å². The molecule has 0 saturated carbocycles. The summed E-state index contributed by atoms with van der Waals surface area (Å²) in [6, 6.07) is 16.1. The Bertz CT molecular complexity index is 959. The smallest absolute Gasteiger partial charge is 0.227 e. The van der Waals surface area contributed by atoms with Crippen molar-refractivity contribution in [2.75, 3.05) is 13.1 Å². The number of hydrogen-bond acceptors (Lipinski definition) is 4. The second-order valence-corrected chi connectivity index (χ2v) is 7.66. The molecule has 1 heterocycles. The van der Waals surface area contributed by atoms with E-state index in [-0.39, 0.29) is 5.75 Å². The minimum atomic E-state index is -0.417. The second-order valence-electron chi connectivity index (χ2n) is 7.66. The molecule has 0 unspecified atom stereocenters. The molecule has 1 aromatic heterocycles. The lowest BCUT2D eigenvalue weighted by atomic mass is 10.1. The third-order valence-electron chi connectivity index (χ3n) is 5.26. The monoisotopic (exact) mass is 425 g/mol. The molecule has 0 amide bonds. The van der Waals surface area contributed by atoms with Gasteiger partial charge in [-0.25, -0.2) is 9.07 Å². The Balaban J connectivity index is 2.07. The van der Waals surface area contributed by atoms with Crippen molar-refractivity contribution in [2.45, 2.75) is 52.7 Å². The molecule has 3 aromatic rings. The van der Waals surface area contributed by atoms with E-state index >= 15 is 0 Å². The minimum Gasteiger partial charge on any atom is -0.435 e. The molecule has 166 valence electrons. The summed E-state index contributed by atoms with van der Waals surface area (Å²) in [5.74, 6) is 0.262. The number of ether oxygens (including phenoxy) is 1. The maximum atomic E-state index is 14.4. The summed E-state index contributed by atoms with van der Waals surface area (Å²) in [5, 5.41) is 15.1. The molecular weight excluding hydrogens is 393 g/mol. The molecule has 0 spiro atoms. The van der Waals surface area contributed by atoms with Gasteiger partial charge in [-0.2, -0.15) is 5.10 Å². The van der Waals surface area contributed by atoms with Crippen LogP contribution in [0.25, 0.3) is 5.69 Å². The van der Waals surface area contributed by atoms with Crippen LogP contribution in [0.5, 0.6) is 11.6 Å². The van der Waals surface area contributed by atoms with E-state index in [1.807, 2.05) is 37.3 Å². The molecule has 3 rings (SSSR count). The first-order valence-electron chi connectivity index (χ1n) is 11.1. The van der Waals surface area contributed by atoms with Gasteiger partial charge in [-0.3, -0.25) is 4.90 Å². The lowest BCUT2D eigenvalue weighted by Gasteiger charge is -2.24. The van der Waals surface area contributed by atoms with Crippen LogP contribution in [0.1, 0.15) is 44.9 Å². The lowest BCUT2D eigenvalue weighted by molar-refractivity contribution is 0.105. The van der Waals surface area contributed by atoms with Gasteiger partial charge in [0.15, 0.2) is 11.6 Å². The Morgan fingerprint density at radius 3 is 2.42 bits per heavy atom. The normalized spacial score (nSPS) is 12.3. The van der Waals surface area contributed by atoms with Crippen LogP contribution in [0.3, 0.4) is 0 Å². The topological polar surface area (TPSA) is 50.5 Å². The van der Waals surface area contributed by atoms with Crippen molar-refractivity contribution in [3.8, 4) is 17.3 Å². The summed E-state index contributed by atoms with van der Waals surface area (Å²) in [5.41, 5.74) is 2.68. The van der Waals surface area contributed by atoms with Crippen LogP contribution in [-0.4, -0.2) is 39.0 Å². The number of hydrogen-bond donors (Lipinski definition) is 1. The molecule has 0 bridgehead atoms. The summed E-state index contributed by atoms with van der Waals surface area (Å²) in [7, 11) is 0. The van der Waals surface area contributed by atoms with Gasteiger partial charge in [-0.15, -0.1) is 0 Å². The number of para-hydroxylation sites is 2. The first-order valence-corrected chi connectivity index (χ1v) is 11.1. The Labute approximate surface area is 184 Å². The molecule has 0 saturated heterocycles. The van der Waals surface area contributed by atoms with E-state index in [2.05, 4.69) is 18.7 Å². The fourth-order valence-electron chi connectivity index (χ4n) is 3.60. The first kappa shape index (κ1) is 23.0. The van der Waals surface area contributed by atoms with E-state index in [1.54, 1.807) is 22.9 Å². The van der Waals surface area contributed by atoms with Gasteiger partial charge in [-0.1, -0.05) is 51.1 Å². The Kier molecular flexibility index (Phi) is 8.20. The van der Waals surface area contributed by atoms with Crippen LogP contribution in [-0.2, 0) is 13.0 Å². The Morgan fingerprint density at radius 1 is 1.06 bits per heavy atom. The van der Waals surface area contributed by atoms with Crippen molar-refractivity contribution in [1.82, 2.24) is 14.7 Å². The molecule has 1 N–H and O–H groups in total. The van der Waals surface area contributed by atoms with Crippen LogP contribution >= 0.6 is 0 Å². The molecule has 31 heavy (non-hydrogen) atoms. The largest absolute Gasteiger partial charge is 0.435 e. The molecule has 1 atom stereocenters. The van der Waals surface area contributed by atoms with Crippen molar-refractivity contribution in [3.63, 3.8) is 0 Å². The van der Waals surface area contributed by atoms with E-state index < -0.39 is 11.9 Å². The van der Waals surface area contributed by atoms with Crippen molar-refractivity contribution in [1.29, 1.82) is 0 Å². The summed E-state index contributed by atoms with van der Waals surface area (Å²) in [4.78, 5) is 2.22. The molecule has 0 aliphatic heterocycles. The van der Waals surface area contributed by atoms with E-state index in [0.717, 1.165) is 36.3 Å². The number of aliphatic hydroxyl groups is 1. The summed E-state index contributed by atoms with van der Waals surface area (Å²) >= 11 is 0. The molecule has 0 radical (unpaired) electrons. The van der Waals surface area contributed by atoms with E-state index in [1.165, 1.54) is 6.07 Å². The zero-order valence-electron chi connectivity index (χ0n) is 18.6. The summed E-state index contributed by atoms with van der Waals surface area (Å²) in [6.45, 7) is 8.14. The standard InChI is InChI=1S/C25H32FN3O2/c1-4-16-28(17-20(30)5-2)18-21-23(6-3)27-29(19-12-8-7-9-13-19)25(21)31-24-15-11-10-14-22(24)26/h7-15,20,30H,4-6,16-18H2,1-3H3/t20-/m1/s1. The fourth-order valence-corrected chi connectivity index (χ4v) is 3.60. The molecule has 5 nitrogen and oxygen atoms in total. The Hall–Kier alpha value is -2.70. The van der Waals surface area contributed by atoms with Crippen LogP contribution < -0.4 is 4.74 Å². The van der Waals surface area contributed by atoms with Gasteiger partial charge in [0.1, 0.15) is 0 Å². The van der Waals surface area contributed by atoms with Crippen LogP contribution in [0.15, 0.2) is 54.6 Å². The van der Waals surface area contributed by atoms with Gasteiger partial charge in [0.05, 0.1) is 23.0 Å². The predicted octanol–water partition coefficient (Wildman–Crippen LogP) is 5.35. The van der Waals surface area contributed by atoms with Crippen LogP contribution in [0.4, 0.5) is 4.39 Å². The first-order chi connectivity index (χ1) is 15.1. The number of aryl methyl sites for hydroxylation is 1. The van der Waals surface area contributed by atoms with Crippen molar-refractivity contribution < 1.29 is 14.2 Å². The maximum Gasteiger partial charge on any atom is 0.227 e. The van der Waals surface area contributed by atoms with E-state index in [0.29, 0.717) is 25.4 Å². The van der Waals surface area contributed by atoms with E-state index in [4.69, 9.17) is 9.84 Å². The van der Waals surface area contributed by atoms with Gasteiger partial charge in [0.2, 0.25) is 5.88 Å². The predicted molar refractivity (Wildman–Crippen MR) is 121 cm³/mol. The van der Waals surface area contributed by atoms with Crippen LogP contribution in [0.2, 0.25) is 0 Å². The average Bonchev–Trinajstić information content (AvgIpc) is 3.13. The SMILES string of the molecule is CCCN(Cc1c(CC)nn(-c2ccccc2)c1Oc1ccccc1F)C[C@H](O)CC. The van der Waals surface area contributed by atoms with Gasteiger partial charge < -0.3 is 9.84 Å². The van der Waals surface area contributed by atoms with Crippen molar-refractivity contribution >= 4 is 0 Å². The van der Waals surface area contributed by atoms with Gasteiger partial charge in [0, 0.05) is 13.1 Å². The highest BCUT2D eigenvalue weighted by Gasteiger charge is 2.23. The molecule has 2 aromatic carbocycles. The number of nitrogens with zero attached hydrogens (tertiary/aromatic N) is 3. The maximum absolute atomic E-state index is 14.4. The number of rotatable bonds is 11. The third kappa shape index (κ3) is 5.71. The molecular formula is C25H32FN3O2. The molecule has 6 heteroatoms. The van der Waals surface area contributed by atoms with Gasteiger partial charge in [0.25, 0.3) is 0 Å². The molecule has 0 aliphatic rings. The lowest BCUT2D eigenvalue weighted by Crippen LogP contribution is -2.32. The van der Waals surface area contributed by atoms with Gasteiger partial charge in [-0.05, 0) is 50.1 Å². The highest BCUT2D eigenvalue weighted by Crippen LogP contribution is 2.33. The van der Waals surface area contributed by atoms with Crippen molar-refractivity contribution in [3.05, 3.63) is 71.7 Å². The third-order valence-corrected chi connectivity index (χ3v) is 5.26. The van der Waals surface area contributed by atoms with E-state index in [9.17, 15) is 9.50 Å². The molecule has 0 aliphatic carbocycles. The number of aliphatic hydroxyl groups excluding tert-OH is 1. The zero-order valence-corrected chi connectivity index (χ0v) is 18.6. The zero-order chi connectivity index (χ0) is 22.2. The Morgan fingerprint density at radius 2 is 1.77 bits per heavy atom. The highest BCUT2D eigenvalue weighted by atomic mass is 19.1. The highest BCUT2D eigenvalue weighted by molar-refractivity contribution is 5.44. The quantitative estimate of drug-likeness (QED) is 0.450. The number of benzene rings is 2. The second kappa shape index (κ2) is 11.1. The van der Waals surface area contributed by atoms with Crippen molar-refractivity contribution in [2.24, 2.45) is 0 Å². The fraction of sp³-hybridized carbons (Fsp3) is 0.400. The summed E-state index contributed by atoms with van der Waals surface area (Å²) in [6.07, 6.45) is 1.99. The average molecular weight is 426 g/mol. The number of aromatic nitrogens is 2. The minimum absolute atomic E-state index is 0.166. The van der Waals surface area contributed by atoms with Gasteiger partial charge >= 0.3 is 0 Å². The summed E-state index contributed by atoms with van der Waals surface area (Å²) < 4.78 is 22.3.